The highest BCUT2D eigenvalue weighted by Crippen LogP contribution is 2.45. The lowest BCUT2D eigenvalue weighted by molar-refractivity contribution is -0.161. The highest BCUT2D eigenvalue weighted by molar-refractivity contribution is 7.47. The molecule has 17 nitrogen and oxygen atoms in total. The molecule has 0 aromatic rings. The van der Waals surface area contributed by atoms with E-state index in [0.717, 1.165) is 114 Å². The average molecular weight is 1270 g/mol. The fourth-order valence-electron chi connectivity index (χ4n) is 9.89. The van der Waals surface area contributed by atoms with E-state index in [1.807, 2.05) is 0 Å². The summed E-state index contributed by atoms with van der Waals surface area (Å²) in [5.41, 5.74) is 0. The molecule has 0 heterocycles. The molecule has 0 saturated carbocycles. The largest absolute Gasteiger partial charge is 0.472 e. The number of hydrogen-bond acceptors (Lipinski definition) is 15. The zero-order valence-corrected chi connectivity index (χ0v) is 57.7. The van der Waals surface area contributed by atoms with Crippen LogP contribution in [0.25, 0.3) is 0 Å². The lowest BCUT2D eigenvalue weighted by Crippen LogP contribution is -2.30. The van der Waals surface area contributed by atoms with Gasteiger partial charge in [-0.2, -0.15) is 0 Å². The highest BCUT2D eigenvalue weighted by atomic mass is 31.2. The zero-order chi connectivity index (χ0) is 63.9. The third kappa shape index (κ3) is 58.4. The molecule has 0 aliphatic heterocycles. The summed E-state index contributed by atoms with van der Waals surface area (Å²) in [5, 5.41) is 10.6. The molecule has 0 radical (unpaired) electrons. The van der Waals surface area contributed by atoms with Gasteiger partial charge < -0.3 is 33.8 Å². The molecule has 0 saturated heterocycles. The van der Waals surface area contributed by atoms with Gasteiger partial charge >= 0.3 is 39.5 Å². The van der Waals surface area contributed by atoms with Crippen LogP contribution in [0.15, 0.2) is 0 Å². The molecule has 4 unspecified atom stereocenters. The monoisotopic (exact) mass is 1270 g/mol. The van der Waals surface area contributed by atoms with Crippen LogP contribution in [0.1, 0.15) is 325 Å². The van der Waals surface area contributed by atoms with E-state index in [4.69, 9.17) is 37.0 Å². The Morgan fingerprint density at radius 2 is 0.558 bits per heavy atom. The lowest BCUT2D eigenvalue weighted by atomic mass is 9.99. The van der Waals surface area contributed by atoms with Crippen molar-refractivity contribution in [1.29, 1.82) is 0 Å². The van der Waals surface area contributed by atoms with Crippen molar-refractivity contribution in [3.05, 3.63) is 0 Å². The van der Waals surface area contributed by atoms with E-state index in [1.54, 1.807) is 0 Å². The number of unbranched alkanes of at least 4 members (excludes halogenated alkanes) is 28. The maximum Gasteiger partial charge on any atom is 0.472 e. The number of hydrogen-bond donors (Lipinski definition) is 3. The number of ether oxygens (including phenoxy) is 4. The Hall–Kier alpha value is -1.94. The summed E-state index contributed by atoms with van der Waals surface area (Å²) in [6, 6.07) is 0. The summed E-state index contributed by atoms with van der Waals surface area (Å²) < 4.78 is 68.1. The second kappa shape index (κ2) is 57.0. The first-order valence-corrected chi connectivity index (χ1v) is 37.8. The van der Waals surface area contributed by atoms with Crippen molar-refractivity contribution in [2.45, 2.75) is 343 Å². The van der Waals surface area contributed by atoms with Crippen molar-refractivity contribution < 1.29 is 80.2 Å². The normalized spacial score (nSPS) is 15.0. The molecule has 510 valence electrons. The summed E-state index contributed by atoms with van der Waals surface area (Å²) in [4.78, 5) is 72.4. The van der Waals surface area contributed by atoms with Gasteiger partial charge in [-0.15, -0.1) is 0 Å². The molecule has 0 spiro atoms. The number of aliphatic hydroxyl groups excluding tert-OH is 1. The van der Waals surface area contributed by atoms with Gasteiger partial charge in [-0.25, -0.2) is 9.13 Å². The van der Waals surface area contributed by atoms with E-state index in [2.05, 4.69) is 55.4 Å². The Morgan fingerprint density at radius 3 is 0.826 bits per heavy atom. The molecule has 0 aliphatic rings. The van der Waals surface area contributed by atoms with Gasteiger partial charge in [0.2, 0.25) is 0 Å². The number of phosphoric acid groups is 2. The predicted molar refractivity (Wildman–Crippen MR) is 344 cm³/mol. The van der Waals surface area contributed by atoms with Crippen LogP contribution in [-0.2, 0) is 65.4 Å². The first-order chi connectivity index (χ1) is 41.2. The summed E-state index contributed by atoms with van der Waals surface area (Å²) >= 11 is 0. The molecule has 0 fully saturated rings. The van der Waals surface area contributed by atoms with Gasteiger partial charge in [-0.3, -0.25) is 37.3 Å². The van der Waals surface area contributed by atoms with E-state index in [-0.39, 0.29) is 25.7 Å². The van der Waals surface area contributed by atoms with Crippen LogP contribution in [0.3, 0.4) is 0 Å². The van der Waals surface area contributed by atoms with Crippen LogP contribution in [-0.4, -0.2) is 96.7 Å². The van der Waals surface area contributed by atoms with E-state index < -0.39 is 97.5 Å². The molecule has 7 atom stereocenters. The maximum absolute atomic E-state index is 13.0. The third-order valence-electron chi connectivity index (χ3n) is 16.0. The molecule has 86 heavy (non-hydrogen) atoms. The minimum absolute atomic E-state index is 0.104. The summed E-state index contributed by atoms with van der Waals surface area (Å²) in [6.07, 6.45) is 37.6. The van der Waals surface area contributed by atoms with E-state index in [9.17, 15) is 43.2 Å². The van der Waals surface area contributed by atoms with Gasteiger partial charge in [-0.1, -0.05) is 274 Å². The van der Waals surface area contributed by atoms with Crippen LogP contribution in [0.2, 0.25) is 0 Å². The molecule has 0 aliphatic carbocycles. The third-order valence-corrected chi connectivity index (χ3v) is 17.9. The molecule has 3 N–H and O–H groups in total. The molecular formula is C67H130O17P2. The minimum atomic E-state index is -4.95. The second-order valence-corrected chi connectivity index (χ2v) is 28.6. The Morgan fingerprint density at radius 1 is 0.326 bits per heavy atom. The van der Waals surface area contributed by atoms with Crippen molar-refractivity contribution in [3.63, 3.8) is 0 Å². The van der Waals surface area contributed by atoms with Crippen LogP contribution in [0.5, 0.6) is 0 Å². The Kier molecular flexibility index (Phi) is 55.7. The fraction of sp³-hybridized carbons (Fsp3) is 0.940. The predicted octanol–water partition coefficient (Wildman–Crippen LogP) is 18.5. The maximum atomic E-state index is 13.0. The topological polar surface area (TPSA) is 237 Å². The van der Waals surface area contributed by atoms with Crippen LogP contribution in [0.4, 0.5) is 0 Å². The number of carbonyl (C=O) groups is 4. The molecule has 0 amide bonds. The average Bonchev–Trinajstić information content (AvgIpc) is 3.66. The first-order valence-electron chi connectivity index (χ1n) is 34.8. The number of phosphoric ester groups is 2. The SMILES string of the molecule is CCC(C)CCCCCCCCCCCCC(=O)O[C@H](COC(=O)CCCCCCCCC(C)C)COP(=O)(O)OC[C@H](O)COP(=O)(O)OC[C@@H](COC(=O)CCCCCCCCCCC(C)C)OC(=O)CCCCCCCCCCC(C)CC. The van der Waals surface area contributed by atoms with E-state index in [0.29, 0.717) is 31.6 Å². The van der Waals surface area contributed by atoms with Gasteiger partial charge in [0.25, 0.3) is 0 Å². The second-order valence-electron chi connectivity index (χ2n) is 25.6. The molecule has 0 aromatic heterocycles. The van der Waals surface area contributed by atoms with Crippen LogP contribution < -0.4 is 0 Å². The number of aliphatic hydroxyl groups is 1. The Bertz CT molecular complexity index is 1720. The van der Waals surface area contributed by atoms with Gasteiger partial charge in [0.15, 0.2) is 12.2 Å². The first kappa shape index (κ1) is 84.1. The van der Waals surface area contributed by atoms with E-state index in [1.165, 1.54) is 122 Å². The highest BCUT2D eigenvalue weighted by Gasteiger charge is 2.30. The van der Waals surface area contributed by atoms with Gasteiger partial charge in [0.1, 0.15) is 19.3 Å². The summed E-state index contributed by atoms with van der Waals surface area (Å²) in [5.74, 6) is 0.841. The van der Waals surface area contributed by atoms with Crippen molar-refractivity contribution in [1.82, 2.24) is 0 Å². The fourth-order valence-corrected chi connectivity index (χ4v) is 11.5. The van der Waals surface area contributed by atoms with Crippen molar-refractivity contribution in [2.75, 3.05) is 39.6 Å². The van der Waals surface area contributed by atoms with Gasteiger partial charge in [0, 0.05) is 25.7 Å². The van der Waals surface area contributed by atoms with Gasteiger partial charge in [-0.05, 0) is 49.4 Å². The van der Waals surface area contributed by atoms with E-state index >= 15 is 0 Å². The van der Waals surface area contributed by atoms with Crippen molar-refractivity contribution in [3.8, 4) is 0 Å². The Labute approximate surface area is 524 Å². The molecule has 0 bridgehead atoms. The number of carbonyl (C=O) groups excluding carboxylic acids is 4. The molecule has 19 heteroatoms. The molecule has 0 aromatic carbocycles. The quantitative estimate of drug-likeness (QED) is 0.0222. The van der Waals surface area contributed by atoms with Gasteiger partial charge in [0.05, 0.1) is 26.4 Å². The molecule has 0 rings (SSSR count). The number of rotatable bonds is 64. The lowest BCUT2D eigenvalue weighted by Gasteiger charge is -2.21. The zero-order valence-electron chi connectivity index (χ0n) is 55.9. The summed E-state index contributed by atoms with van der Waals surface area (Å²) in [6.45, 7) is 14.0. The van der Waals surface area contributed by atoms with Crippen molar-refractivity contribution >= 4 is 39.5 Å². The van der Waals surface area contributed by atoms with Crippen molar-refractivity contribution in [2.24, 2.45) is 23.7 Å². The van der Waals surface area contributed by atoms with Crippen LogP contribution in [0, 0.1) is 23.7 Å². The molecular weight excluding hydrogens is 1140 g/mol. The summed E-state index contributed by atoms with van der Waals surface area (Å²) in [7, 11) is -9.90. The standard InChI is InChI=1S/C67H130O17P2/c1-9-59(7)45-37-29-20-13-11-12-14-23-33-41-49-66(71)83-63(54-78-65(70)48-40-32-26-25-28-36-44-58(5)6)56-82-86(75,76)80-52-61(68)51-79-85(73,74)81-55-62(53-77-64(69)47-39-31-22-17-15-19-27-35-43-57(3)4)84-67(72)50-42-34-24-18-16-21-30-38-46-60(8)10-2/h57-63,68H,9-56H2,1-8H3,(H,73,74)(H,75,76)/t59?,60?,61-,62-,63-/m1/s1. The number of esters is 4. The Balaban J connectivity index is 5.26. The minimum Gasteiger partial charge on any atom is -0.462 e. The smallest absolute Gasteiger partial charge is 0.462 e. The van der Waals surface area contributed by atoms with Crippen LogP contribution >= 0.6 is 15.6 Å².